The number of rotatable bonds is 4. The lowest BCUT2D eigenvalue weighted by atomic mass is 10.1. The van der Waals surface area contributed by atoms with E-state index in [-0.39, 0.29) is 23.1 Å². The molecule has 0 saturated carbocycles. The van der Waals surface area contributed by atoms with Gasteiger partial charge in [-0.1, -0.05) is 12.1 Å². The molecule has 2 aromatic heterocycles. The number of hydrogen-bond donors (Lipinski definition) is 2. The van der Waals surface area contributed by atoms with Crippen LogP contribution in [-0.4, -0.2) is 20.9 Å². The fourth-order valence-electron chi connectivity index (χ4n) is 2.52. The van der Waals surface area contributed by atoms with Crippen molar-refractivity contribution in [1.82, 2.24) is 4.98 Å². The summed E-state index contributed by atoms with van der Waals surface area (Å²) in [5.41, 5.74) is 1.88. The lowest BCUT2D eigenvalue weighted by molar-refractivity contribution is -0.402. The third-order valence-electron chi connectivity index (χ3n) is 3.78. The molecule has 0 spiro atoms. The van der Waals surface area contributed by atoms with E-state index in [9.17, 15) is 20.0 Å². The summed E-state index contributed by atoms with van der Waals surface area (Å²) in [7, 11) is 0. The molecule has 27 heavy (non-hydrogen) atoms. The summed E-state index contributed by atoms with van der Waals surface area (Å²) in [6, 6.07) is 13.9. The van der Waals surface area contributed by atoms with Crippen LogP contribution in [0.25, 0.3) is 22.6 Å². The molecule has 0 radical (unpaired) electrons. The molecular weight excluding hydrogens is 354 g/mol. The standard InChI is InChI=1S/C18H11N3O6/c22-13-9-10(19-17(23)15-7-8-16(26-15)21(24)25)5-6-11(13)18-20-12-3-1-2-4-14(12)27-18/h1-9,22H,(H,19,23). The van der Waals surface area contributed by atoms with Gasteiger partial charge in [0.1, 0.15) is 16.2 Å². The molecule has 0 fully saturated rings. The molecule has 0 atom stereocenters. The molecule has 0 unspecified atom stereocenters. The molecule has 9 nitrogen and oxygen atoms in total. The topological polar surface area (TPSA) is 132 Å². The minimum absolute atomic E-state index is 0.148. The second kappa shape index (κ2) is 6.30. The van der Waals surface area contributed by atoms with Gasteiger partial charge in [0, 0.05) is 11.8 Å². The van der Waals surface area contributed by atoms with Crippen LogP contribution >= 0.6 is 0 Å². The van der Waals surface area contributed by atoms with Crippen LogP contribution in [0.15, 0.2) is 63.4 Å². The maximum absolute atomic E-state index is 12.1. The van der Waals surface area contributed by atoms with Gasteiger partial charge in [0.2, 0.25) is 5.89 Å². The number of amides is 1. The molecular formula is C18H11N3O6. The van der Waals surface area contributed by atoms with Crippen LogP contribution in [-0.2, 0) is 0 Å². The summed E-state index contributed by atoms with van der Waals surface area (Å²) >= 11 is 0. The highest BCUT2D eigenvalue weighted by molar-refractivity contribution is 6.02. The number of aromatic nitrogens is 1. The van der Waals surface area contributed by atoms with E-state index in [1.807, 2.05) is 12.1 Å². The Kier molecular flexibility index (Phi) is 3.81. The van der Waals surface area contributed by atoms with E-state index in [0.717, 1.165) is 6.07 Å². The van der Waals surface area contributed by atoms with Gasteiger partial charge in [-0.05, 0) is 30.3 Å². The van der Waals surface area contributed by atoms with Crippen molar-refractivity contribution >= 4 is 28.6 Å². The largest absolute Gasteiger partial charge is 0.507 e. The number of nitrogens with zero attached hydrogens (tertiary/aromatic N) is 2. The highest BCUT2D eigenvalue weighted by Gasteiger charge is 2.18. The molecule has 2 aromatic carbocycles. The second-order valence-electron chi connectivity index (χ2n) is 5.57. The quantitative estimate of drug-likeness (QED) is 0.413. The Morgan fingerprint density at radius 3 is 2.63 bits per heavy atom. The molecule has 9 heteroatoms. The molecule has 0 aliphatic heterocycles. The molecule has 4 rings (SSSR count). The predicted molar refractivity (Wildman–Crippen MR) is 94.4 cm³/mol. The van der Waals surface area contributed by atoms with Gasteiger partial charge in [0.25, 0.3) is 5.91 Å². The number of fused-ring (bicyclic) bond motifs is 1. The van der Waals surface area contributed by atoms with Crippen molar-refractivity contribution < 1.29 is 23.7 Å². The van der Waals surface area contributed by atoms with E-state index in [1.165, 1.54) is 12.1 Å². The Bertz CT molecular complexity index is 1140. The maximum Gasteiger partial charge on any atom is 0.433 e. The normalized spacial score (nSPS) is 10.8. The van der Waals surface area contributed by atoms with E-state index in [4.69, 9.17) is 8.83 Å². The van der Waals surface area contributed by atoms with Crippen LogP contribution < -0.4 is 5.32 Å². The van der Waals surface area contributed by atoms with Crippen molar-refractivity contribution in [2.45, 2.75) is 0 Å². The van der Waals surface area contributed by atoms with Crippen LogP contribution in [0.5, 0.6) is 5.75 Å². The lowest BCUT2D eigenvalue weighted by Gasteiger charge is -2.06. The maximum atomic E-state index is 12.1. The first-order chi connectivity index (χ1) is 13.0. The highest BCUT2D eigenvalue weighted by atomic mass is 16.6. The number of aromatic hydroxyl groups is 1. The summed E-state index contributed by atoms with van der Waals surface area (Å²) < 4.78 is 10.5. The number of phenols is 1. The third-order valence-corrected chi connectivity index (χ3v) is 3.78. The lowest BCUT2D eigenvalue weighted by Crippen LogP contribution is -2.10. The van der Waals surface area contributed by atoms with Crippen LogP contribution in [0.1, 0.15) is 10.6 Å². The Morgan fingerprint density at radius 1 is 1.11 bits per heavy atom. The Labute approximate surface area is 151 Å². The number of anilines is 1. The average molecular weight is 365 g/mol. The Balaban J connectivity index is 1.57. The zero-order valence-corrected chi connectivity index (χ0v) is 13.6. The van der Waals surface area contributed by atoms with Crippen molar-refractivity contribution in [3.8, 4) is 17.2 Å². The SMILES string of the molecule is O=C(Nc1ccc(-c2nc3ccccc3o2)c(O)c1)c1ccc([N+](=O)[O-])o1. The minimum Gasteiger partial charge on any atom is -0.507 e. The van der Waals surface area contributed by atoms with Crippen molar-refractivity contribution in [1.29, 1.82) is 0 Å². The van der Waals surface area contributed by atoms with Crippen molar-refractivity contribution in [3.63, 3.8) is 0 Å². The van der Waals surface area contributed by atoms with Crippen LogP contribution in [0.2, 0.25) is 0 Å². The summed E-state index contributed by atoms with van der Waals surface area (Å²) in [5.74, 6) is -1.34. The van der Waals surface area contributed by atoms with Crippen molar-refractivity contribution in [2.75, 3.05) is 5.32 Å². The number of carbonyl (C=O) groups is 1. The molecule has 2 heterocycles. The van der Waals surface area contributed by atoms with Crippen molar-refractivity contribution in [2.24, 2.45) is 0 Å². The summed E-state index contributed by atoms with van der Waals surface area (Å²) in [6.07, 6.45) is 0. The average Bonchev–Trinajstić information content (AvgIpc) is 3.29. The molecule has 134 valence electrons. The number of nitro groups is 1. The molecule has 1 amide bonds. The number of oxazole rings is 1. The highest BCUT2D eigenvalue weighted by Crippen LogP contribution is 2.33. The van der Waals surface area contributed by atoms with Crippen LogP contribution in [0.4, 0.5) is 11.6 Å². The van der Waals surface area contributed by atoms with Gasteiger partial charge in [-0.15, -0.1) is 0 Å². The van der Waals surface area contributed by atoms with Gasteiger partial charge in [0.05, 0.1) is 11.6 Å². The van der Waals surface area contributed by atoms with Gasteiger partial charge in [-0.25, -0.2) is 4.98 Å². The fourth-order valence-corrected chi connectivity index (χ4v) is 2.52. The van der Waals surface area contributed by atoms with Gasteiger partial charge in [-0.2, -0.15) is 0 Å². The predicted octanol–water partition coefficient (Wildman–Crippen LogP) is 3.95. The molecule has 0 saturated heterocycles. The first kappa shape index (κ1) is 16.3. The van der Waals surface area contributed by atoms with Crippen LogP contribution in [0, 0.1) is 10.1 Å². The number of hydrogen-bond acceptors (Lipinski definition) is 7. The number of furan rings is 1. The first-order valence-corrected chi connectivity index (χ1v) is 7.76. The van der Waals surface area contributed by atoms with E-state index in [1.54, 1.807) is 24.3 Å². The fraction of sp³-hybridized carbons (Fsp3) is 0. The number of para-hydroxylation sites is 2. The van der Waals surface area contributed by atoms with E-state index in [2.05, 4.69) is 10.3 Å². The summed E-state index contributed by atoms with van der Waals surface area (Å²) in [4.78, 5) is 26.3. The second-order valence-corrected chi connectivity index (χ2v) is 5.57. The minimum atomic E-state index is -0.738. The van der Waals surface area contributed by atoms with Crippen molar-refractivity contribution in [3.05, 3.63) is 70.5 Å². The molecule has 4 aromatic rings. The molecule has 0 bridgehead atoms. The Morgan fingerprint density at radius 2 is 1.93 bits per heavy atom. The van der Waals surface area contributed by atoms with Gasteiger partial charge in [0.15, 0.2) is 11.3 Å². The molecule has 0 aliphatic carbocycles. The summed E-state index contributed by atoms with van der Waals surface area (Å²) in [6.45, 7) is 0. The third kappa shape index (κ3) is 3.09. The zero-order valence-electron chi connectivity index (χ0n) is 13.6. The van der Waals surface area contributed by atoms with Gasteiger partial charge >= 0.3 is 5.88 Å². The smallest absolute Gasteiger partial charge is 0.433 e. The number of benzene rings is 2. The molecule has 2 N–H and O–H groups in total. The number of phenolic OH excluding ortho intramolecular Hbond substituents is 1. The number of carbonyl (C=O) groups excluding carboxylic acids is 1. The molecule has 0 aliphatic rings. The Hall–Kier alpha value is -4.14. The zero-order chi connectivity index (χ0) is 19.0. The number of nitrogens with one attached hydrogen (secondary N) is 1. The summed E-state index contributed by atoms with van der Waals surface area (Å²) in [5, 5.41) is 23.4. The first-order valence-electron chi connectivity index (χ1n) is 7.76. The van der Waals surface area contributed by atoms with E-state index in [0.29, 0.717) is 16.7 Å². The van der Waals surface area contributed by atoms with E-state index < -0.39 is 16.7 Å². The van der Waals surface area contributed by atoms with E-state index >= 15 is 0 Å². The monoisotopic (exact) mass is 365 g/mol. The van der Waals surface area contributed by atoms with Gasteiger partial charge < -0.3 is 19.3 Å². The van der Waals surface area contributed by atoms with Gasteiger partial charge in [-0.3, -0.25) is 14.9 Å². The van der Waals surface area contributed by atoms with Crippen LogP contribution in [0.3, 0.4) is 0 Å².